The zero-order chi connectivity index (χ0) is 30.9. The van der Waals surface area contributed by atoms with Crippen molar-refractivity contribution in [1.82, 2.24) is 20.9 Å². The molecule has 0 heterocycles. The van der Waals surface area contributed by atoms with Gasteiger partial charge in [-0.25, -0.2) is 14.4 Å². The Balaban J connectivity index is 1.98. The molecule has 0 radical (unpaired) electrons. The minimum absolute atomic E-state index is 0.00711. The van der Waals surface area contributed by atoms with Gasteiger partial charge in [0, 0.05) is 25.0 Å². The smallest absolute Gasteiger partial charge is 0.408 e. The number of likely N-dealkylation sites (N-methyl/N-ethyl adjacent to an activating group) is 1. The molecule has 2 unspecified atom stereocenters. The number of alkyl carbamates (subject to hydrolysis) is 2. The van der Waals surface area contributed by atoms with E-state index in [2.05, 4.69) is 16.0 Å². The Labute approximate surface area is 252 Å². The highest BCUT2D eigenvalue weighted by atomic mass is 35.5. The van der Waals surface area contributed by atoms with Gasteiger partial charge in [0.1, 0.15) is 25.3 Å². The number of halogens is 1. The highest BCUT2D eigenvalue weighted by molar-refractivity contribution is 6.30. The molecule has 4 amide bonds. The number of methoxy groups -OCH3 is 1. The fourth-order valence-electron chi connectivity index (χ4n) is 4.66. The molecule has 0 spiro atoms. The van der Waals surface area contributed by atoms with Crippen molar-refractivity contribution < 1.29 is 38.2 Å². The van der Waals surface area contributed by atoms with Gasteiger partial charge >= 0.3 is 18.2 Å². The molecule has 12 nitrogen and oxygen atoms in total. The molecule has 2 rings (SSSR count). The minimum atomic E-state index is -1.11. The Morgan fingerprint density at radius 1 is 1.02 bits per heavy atom. The molecular formula is C29H43ClN4O8. The van der Waals surface area contributed by atoms with Gasteiger partial charge in [-0.2, -0.15) is 0 Å². The number of carbonyl (C=O) groups is 5. The van der Waals surface area contributed by atoms with Crippen LogP contribution in [0.15, 0.2) is 24.3 Å². The van der Waals surface area contributed by atoms with Gasteiger partial charge in [-0.3, -0.25) is 9.59 Å². The number of nitrogens with zero attached hydrogens (tertiary/aromatic N) is 1. The molecule has 1 fully saturated rings. The van der Waals surface area contributed by atoms with E-state index in [9.17, 15) is 24.0 Å². The van der Waals surface area contributed by atoms with Crippen LogP contribution in [-0.2, 0) is 35.2 Å². The Bertz CT molecular complexity index is 1050. The van der Waals surface area contributed by atoms with Crippen molar-refractivity contribution in [2.75, 3.05) is 33.9 Å². The number of rotatable bonds is 15. The van der Waals surface area contributed by atoms with Crippen LogP contribution in [0.1, 0.15) is 63.9 Å². The molecular weight excluding hydrogens is 568 g/mol. The Morgan fingerprint density at radius 3 is 2.43 bits per heavy atom. The van der Waals surface area contributed by atoms with E-state index in [-0.39, 0.29) is 44.4 Å². The second kappa shape index (κ2) is 18.8. The lowest BCUT2D eigenvalue weighted by Crippen LogP contribution is -2.52. The van der Waals surface area contributed by atoms with E-state index in [1.165, 1.54) is 12.0 Å². The van der Waals surface area contributed by atoms with Crippen LogP contribution in [0.25, 0.3) is 0 Å². The first-order valence-corrected chi connectivity index (χ1v) is 14.7. The lowest BCUT2D eigenvalue weighted by molar-refractivity contribution is -0.145. The Kier molecular flexibility index (Phi) is 15.5. The average molecular weight is 611 g/mol. The van der Waals surface area contributed by atoms with Crippen LogP contribution < -0.4 is 16.0 Å². The first kappa shape index (κ1) is 34.7. The zero-order valence-corrected chi connectivity index (χ0v) is 25.4. The van der Waals surface area contributed by atoms with Gasteiger partial charge in [0.2, 0.25) is 11.8 Å². The van der Waals surface area contributed by atoms with E-state index in [0.29, 0.717) is 23.6 Å². The molecule has 1 aliphatic rings. The van der Waals surface area contributed by atoms with Crippen molar-refractivity contribution in [1.29, 1.82) is 0 Å². The number of esters is 1. The molecule has 1 aromatic carbocycles. The van der Waals surface area contributed by atoms with Gasteiger partial charge in [-0.15, -0.1) is 0 Å². The number of amides is 4. The van der Waals surface area contributed by atoms with Crippen LogP contribution in [0, 0.1) is 5.92 Å². The van der Waals surface area contributed by atoms with Crippen LogP contribution in [-0.4, -0.2) is 80.8 Å². The molecule has 0 bridgehead atoms. The van der Waals surface area contributed by atoms with E-state index >= 15 is 0 Å². The van der Waals surface area contributed by atoms with Crippen LogP contribution in [0.3, 0.4) is 0 Å². The lowest BCUT2D eigenvalue weighted by atomic mass is 9.84. The molecule has 42 heavy (non-hydrogen) atoms. The molecule has 1 saturated carbocycles. The van der Waals surface area contributed by atoms with Crippen LogP contribution in [0.4, 0.5) is 9.59 Å². The quantitative estimate of drug-likeness (QED) is 0.201. The van der Waals surface area contributed by atoms with Crippen molar-refractivity contribution in [2.24, 2.45) is 5.92 Å². The molecule has 234 valence electrons. The Hall–Kier alpha value is -3.54. The number of ether oxygens (including phenoxy) is 3. The molecule has 0 saturated heterocycles. The van der Waals surface area contributed by atoms with Gasteiger partial charge in [-0.1, -0.05) is 55.8 Å². The fraction of sp³-hybridized carbons (Fsp3) is 0.621. The summed E-state index contributed by atoms with van der Waals surface area (Å²) < 4.78 is 15.2. The van der Waals surface area contributed by atoms with Crippen molar-refractivity contribution in [2.45, 2.75) is 77.0 Å². The third-order valence-corrected chi connectivity index (χ3v) is 7.25. The monoisotopic (exact) mass is 610 g/mol. The number of nitrogens with one attached hydrogen (secondary N) is 3. The summed E-state index contributed by atoms with van der Waals surface area (Å²) in [5.74, 6) is -1.35. The summed E-state index contributed by atoms with van der Waals surface area (Å²) in [6, 6.07) is 4.84. The topological polar surface area (TPSA) is 152 Å². The van der Waals surface area contributed by atoms with Crippen molar-refractivity contribution in [3.8, 4) is 0 Å². The number of benzene rings is 1. The average Bonchev–Trinajstić information content (AvgIpc) is 2.97. The van der Waals surface area contributed by atoms with Gasteiger partial charge in [-0.05, 0) is 43.4 Å². The maximum atomic E-state index is 13.4. The van der Waals surface area contributed by atoms with Crippen LogP contribution in [0.5, 0.6) is 0 Å². The predicted octanol–water partition coefficient (Wildman–Crippen LogP) is 3.55. The normalized spacial score (nSPS) is 14.6. The first-order valence-electron chi connectivity index (χ1n) is 14.3. The van der Waals surface area contributed by atoms with Crippen LogP contribution in [0.2, 0.25) is 5.02 Å². The second-order valence-electron chi connectivity index (χ2n) is 10.2. The summed E-state index contributed by atoms with van der Waals surface area (Å²) in [5, 5.41) is 8.32. The standard InChI is InChI=1S/C29H43ClN4O8/c1-4-31-28(38)41-16-15-34(2)25(35)14-13-23(27(37)40-3)32-26(36)24(18-20-9-6-5-7-10-20)33-29(39)42-19-21-11-8-12-22(30)17-21/h8,11-12,17,20,23-24H,4-7,9-10,13-16,18-19H2,1-3H3,(H,31,38)(H,32,36)(H,33,39). The van der Waals surface area contributed by atoms with Crippen molar-refractivity contribution in [3.05, 3.63) is 34.9 Å². The molecule has 1 aromatic rings. The summed E-state index contributed by atoms with van der Waals surface area (Å²) in [6.45, 7) is 2.33. The summed E-state index contributed by atoms with van der Waals surface area (Å²) in [7, 11) is 2.74. The molecule has 1 aliphatic carbocycles. The van der Waals surface area contributed by atoms with E-state index in [0.717, 1.165) is 32.1 Å². The third-order valence-electron chi connectivity index (χ3n) is 7.02. The number of hydrogen-bond donors (Lipinski definition) is 3. The number of hydrogen-bond acceptors (Lipinski definition) is 8. The van der Waals surface area contributed by atoms with Gasteiger partial charge in [0.25, 0.3) is 0 Å². The summed E-state index contributed by atoms with van der Waals surface area (Å²) in [5.41, 5.74) is 0.696. The zero-order valence-electron chi connectivity index (χ0n) is 24.6. The maximum Gasteiger partial charge on any atom is 0.408 e. The van der Waals surface area contributed by atoms with Crippen molar-refractivity contribution >= 4 is 41.6 Å². The van der Waals surface area contributed by atoms with E-state index < -0.39 is 36.1 Å². The third kappa shape index (κ3) is 13.0. The molecule has 2 atom stereocenters. The number of carbonyl (C=O) groups excluding carboxylic acids is 5. The summed E-state index contributed by atoms with van der Waals surface area (Å²) >= 11 is 6.00. The maximum absolute atomic E-state index is 13.4. The summed E-state index contributed by atoms with van der Waals surface area (Å²) in [6.07, 6.45) is 4.06. The largest absolute Gasteiger partial charge is 0.467 e. The second-order valence-corrected chi connectivity index (χ2v) is 10.7. The summed E-state index contributed by atoms with van der Waals surface area (Å²) in [4.78, 5) is 64.0. The molecule has 0 aromatic heterocycles. The van der Waals surface area contributed by atoms with Gasteiger partial charge < -0.3 is 35.1 Å². The van der Waals surface area contributed by atoms with E-state index in [4.69, 9.17) is 25.8 Å². The SMILES string of the molecule is CCNC(=O)OCCN(C)C(=O)CCC(NC(=O)C(CC1CCCCC1)NC(=O)OCc1cccc(Cl)c1)C(=O)OC. The first-order chi connectivity index (χ1) is 20.1. The predicted molar refractivity (Wildman–Crippen MR) is 156 cm³/mol. The van der Waals surface area contributed by atoms with Crippen LogP contribution >= 0.6 is 11.6 Å². The van der Waals surface area contributed by atoms with Gasteiger partial charge in [0.15, 0.2) is 0 Å². The molecule has 0 aliphatic heterocycles. The molecule has 3 N–H and O–H groups in total. The highest BCUT2D eigenvalue weighted by Gasteiger charge is 2.31. The lowest BCUT2D eigenvalue weighted by Gasteiger charge is -2.27. The van der Waals surface area contributed by atoms with Gasteiger partial charge in [0.05, 0.1) is 13.7 Å². The minimum Gasteiger partial charge on any atom is -0.467 e. The molecule has 13 heteroatoms. The highest BCUT2D eigenvalue weighted by Crippen LogP contribution is 2.27. The van der Waals surface area contributed by atoms with E-state index in [1.807, 2.05) is 0 Å². The Morgan fingerprint density at radius 2 is 1.76 bits per heavy atom. The fourth-order valence-corrected chi connectivity index (χ4v) is 4.88. The van der Waals surface area contributed by atoms with E-state index in [1.54, 1.807) is 38.2 Å². The van der Waals surface area contributed by atoms with Crippen molar-refractivity contribution in [3.63, 3.8) is 0 Å².